The van der Waals surface area contributed by atoms with Gasteiger partial charge in [0, 0.05) is 36.1 Å². The average Bonchev–Trinajstić information content (AvgIpc) is 3.38. The van der Waals surface area contributed by atoms with Crippen LogP contribution in [0.4, 0.5) is 0 Å². The third-order valence-electron chi connectivity index (χ3n) is 7.70. The van der Waals surface area contributed by atoms with Crippen LogP contribution in [0.5, 0.6) is 0 Å². The summed E-state index contributed by atoms with van der Waals surface area (Å²) in [5, 5.41) is 13.0. The Kier molecular flexibility index (Phi) is 3.38. The molecule has 3 aliphatic carbocycles. The number of hydrogen-bond acceptors (Lipinski definition) is 2. The van der Waals surface area contributed by atoms with Gasteiger partial charge in [0.15, 0.2) is 0 Å². The van der Waals surface area contributed by atoms with Crippen LogP contribution in [0.3, 0.4) is 0 Å². The third-order valence-corrected chi connectivity index (χ3v) is 7.70. The van der Waals surface area contributed by atoms with Gasteiger partial charge in [-0.15, -0.1) is 0 Å². The van der Waals surface area contributed by atoms with E-state index in [1.807, 2.05) is 0 Å². The molecule has 2 heterocycles. The van der Waals surface area contributed by atoms with Crippen LogP contribution in [0, 0.1) is 11.8 Å². The lowest BCUT2D eigenvalue weighted by Crippen LogP contribution is -2.57. The van der Waals surface area contributed by atoms with Crippen LogP contribution in [0.2, 0.25) is 0 Å². The van der Waals surface area contributed by atoms with Gasteiger partial charge in [0.1, 0.15) is 0 Å². The molecule has 0 amide bonds. The largest absolute Gasteiger partial charge is 0.388 e. The number of likely N-dealkylation sites (tertiary alicyclic amines) is 1. The normalized spacial score (nSPS) is 31.5. The predicted octanol–water partition coefficient (Wildman–Crippen LogP) is 3.61. The van der Waals surface area contributed by atoms with Crippen molar-refractivity contribution in [1.29, 1.82) is 0 Å². The molecule has 0 bridgehead atoms. The maximum Gasteiger partial charge on any atom is 0.0847 e. The van der Waals surface area contributed by atoms with E-state index in [9.17, 15) is 5.11 Å². The maximum atomic E-state index is 11.6. The maximum absolute atomic E-state index is 11.6. The third kappa shape index (κ3) is 2.40. The van der Waals surface area contributed by atoms with E-state index in [4.69, 9.17) is 0 Å². The molecule has 2 fully saturated rings. The van der Waals surface area contributed by atoms with Crippen LogP contribution < -0.4 is 0 Å². The van der Waals surface area contributed by atoms with Crippen LogP contribution in [0.1, 0.15) is 54.5 Å². The number of nitrogens with one attached hydrogen (secondary N) is 1. The van der Waals surface area contributed by atoms with Crippen molar-refractivity contribution in [2.75, 3.05) is 19.6 Å². The number of hydrogen-bond donors (Lipinski definition) is 2. The smallest absolute Gasteiger partial charge is 0.0847 e. The molecule has 1 aliphatic heterocycles. The van der Waals surface area contributed by atoms with Crippen LogP contribution in [-0.4, -0.2) is 40.2 Å². The van der Waals surface area contributed by atoms with Gasteiger partial charge in [0.05, 0.1) is 5.60 Å². The molecule has 3 heteroatoms. The minimum atomic E-state index is -0.523. The number of aryl methyl sites for hydroxylation is 2. The summed E-state index contributed by atoms with van der Waals surface area (Å²) < 4.78 is 0. The number of H-pyrrole nitrogens is 1. The number of fused-ring (bicyclic) bond motifs is 6. The highest BCUT2D eigenvalue weighted by Gasteiger charge is 2.46. The Hall–Kier alpha value is -1.32. The number of β-amino-alcohol motifs (C(OH)–C–C–N with tert-alkyl or cyclic N) is 1. The first-order valence-electron chi connectivity index (χ1n) is 10.8. The van der Waals surface area contributed by atoms with Gasteiger partial charge in [0.2, 0.25) is 0 Å². The van der Waals surface area contributed by atoms with Crippen LogP contribution in [-0.2, 0) is 25.7 Å². The van der Waals surface area contributed by atoms with E-state index in [1.165, 1.54) is 73.8 Å². The number of aromatic nitrogens is 1. The molecule has 2 unspecified atom stereocenters. The molecule has 2 atom stereocenters. The fraction of sp³-hybridized carbons (Fsp3) is 0.652. The standard InChI is InChI=1S/C23H30N2O/c26-23-12-20-19-8-7-16-3-1-2-4-18(16)22(19)24-21(20)11-17(23)9-10-25(14-23)13-15-5-6-15/h7-8,15,17,24,26H,1-6,9-14H2. The number of aromatic amines is 1. The Labute approximate surface area is 155 Å². The van der Waals surface area contributed by atoms with Crippen molar-refractivity contribution in [3.05, 3.63) is 34.5 Å². The van der Waals surface area contributed by atoms with Crippen LogP contribution in [0.15, 0.2) is 12.1 Å². The summed E-state index contributed by atoms with van der Waals surface area (Å²) in [4.78, 5) is 6.37. The number of aliphatic hydroxyl groups is 1. The lowest BCUT2D eigenvalue weighted by molar-refractivity contribution is -0.0825. The molecule has 0 spiro atoms. The monoisotopic (exact) mass is 350 g/mol. The zero-order chi connectivity index (χ0) is 17.3. The van der Waals surface area contributed by atoms with Gasteiger partial charge in [-0.3, -0.25) is 0 Å². The van der Waals surface area contributed by atoms with Gasteiger partial charge in [0.25, 0.3) is 0 Å². The van der Waals surface area contributed by atoms with E-state index in [2.05, 4.69) is 22.0 Å². The zero-order valence-corrected chi connectivity index (χ0v) is 15.7. The second-order valence-corrected chi connectivity index (χ2v) is 9.56. The van der Waals surface area contributed by atoms with Gasteiger partial charge in [-0.2, -0.15) is 0 Å². The van der Waals surface area contributed by atoms with E-state index in [1.54, 1.807) is 11.1 Å². The van der Waals surface area contributed by atoms with Gasteiger partial charge < -0.3 is 15.0 Å². The van der Waals surface area contributed by atoms with E-state index in [0.29, 0.717) is 5.92 Å². The van der Waals surface area contributed by atoms with Crippen molar-refractivity contribution in [3.63, 3.8) is 0 Å². The van der Waals surface area contributed by atoms with Crippen molar-refractivity contribution in [2.45, 2.75) is 63.4 Å². The van der Waals surface area contributed by atoms with E-state index in [0.717, 1.165) is 31.7 Å². The first-order chi connectivity index (χ1) is 12.7. The first kappa shape index (κ1) is 15.7. The van der Waals surface area contributed by atoms with Crippen molar-refractivity contribution >= 4 is 10.9 Å². The number of benzene rings is 1. The highest BCUT2D eigenvalue weighted by atomic mass is 16.3. The molecule has 6 rings (SSSR count). The molecular weight excluding hydrogens is 320 g/mol. The molecule has 26 heavy (non-hydrogen) atoms. The topological polar surface area (TPSA) is 39.3 Å². The molecule has 1 saturated heterocycles. The number of rotatable bonds is 2. The summed E-state index contributed by atoms with van der Waals surface area (Å²) in [6, 6.07) is 4.70. The van der Waals surface area contributed by atoms with Gasteiger partial charge in [-0.1, -0.05) is 12.1 Å². The Morgan fingerprint density at radius 3 is 2.88 bits per heavy atom. The van der Waals surface area contributed by atoms with Crippen molar-refractivity contribution in [3.8, 4) is 0 Å². The Bertz CT molecular complexity index is 865. The van der Waals surface area contributed by atoms with E-state index < -0.39 is 5.60 Å². The molecule has 4 aliphatic rings. The number of piperidine rings is 1. The minimum Gasteiger partial charge on any atom is -0.388 e. The van der Waals surface area contributed by atoms with Gasteiger partial charge >= 0.3 is 0 Å². The van der Waals surface area contributed by atoms with Crippen molar-refractivity contribution in [2.24, 2.45) is 11.8 Å². The highest BCUT2D eigenvalue weighted by molar-refractivity contribution is 5.89. The Morgan fingerprint density at radius 1 is 1.12 bits per heavy atom. The molecule has 0 radical (unpaired) electrons. The fourth-order valence-electron chi connectivity index (χ4n) is 6.06. The molecule has 2 N–H and O–H groups in total. The minimum absolute atomic E-state index is 0.425. The van der Waals surface area contributed by atoms with Crippen molar-refractivity contribution < 1.29 is 5.11 Å². The number of nitrogens with zero attached hydrogens (tertiary/aromatic N) is 1. The second kappa shape index (κ2) is 5.59. The van der Waals surface area contributed by atoms with E-state index >= 15 is 0 Å². The van der Waals surface area contributed by atoms with Crippen LogP contribution in [0.25, 0.3) is 10.9 Å². The Balaban J connectivity index is 1.37. The molecule has 1 saturated carbocycles. The summed E-state index contributed by atoms with van der Waals surface area (Å²) in [6.07, 6.45) is 10.9. The zero-order valence-electron chi connectivity index (χ0n) is 15.7. The van der Waals surface area contributed by atoms with Crippen LogP contribution >= 0.6 is 0 Å². The molecule has 1 aromatic carbocycles. The fourth-order valence-corrected chi connectivity index (χ4v) is 6.06. The predicted molar refractivity (Wildman–Crippen MR) is 105 cm³/mol. The van der Waals surface area contributed by atoms with Gasteiger partial charge in [-0.25, -0.2) is 0 Å². The average molecular weight is 351 g/mol. The van der Waals surface area contributed by atoms with Crippen molar-refractivity contribution in [1.82, 2.24) is 9.88 Å². The lowest BCUT2D eigenvalue weighted by Gasteiger charge is -2.47. The molecule has 1 aromatic heterocycles. The molecular formula is C23H30N2O. The highest BCUT2D eigenvalue weighted by Crippen LogP contribution is 2.43. The van der Waals surface area contributed by atoms with Gasteiger partial charge in [-0.05, 0) is 86.4 Å². The lowest BCUT2D eigenvalue weighted by atomic mass is 9.70. The summed E-state index contributed by atoms with van der Waals surface area (Å²) in [5.74, 6) is 1.34. The summed E-state index contributed by atoms with van der Waals surface area (Å²) in [5.41, 5.74) is 6.82. The summed E-state index contributed by atoms with van der Waals surface area (Å²) >= 11 is 0. The molecule has 138 valence electrons. The second-order valence-electron chi connectivity index (χ2n) is 9.56. The Morgan fingerprint density at radius 2 is 2.00 bits per heavy atom. The SMILES string of the molecule is OC12Cc3c([nH]c4c5c(ccc34)CCCC5)CC1CCN(CC1CC1)C2. The van der Waals surface area contributed by atoms with E-state index in [-0.39, 0.29) is 0 Å². The molecule has 2 aromatic rings. The molecule has 3 nitrogen and oxygen atoms in total. The quantitative estimate of drug-likeness (QED) is 0.868. The summed E-state index contributed by atoms with van der Waals surface area (Å²) in [7, 11) is 0. The summed E-state index contributed by atoms with van der Waals surface area (Å²) in [6.45, 7) is 3.27. The first-order valence-corrected chi connectivity index (χ1v) is 10.8.